The summed E-state index contributed by atoms with van der Waals surface area (Å²) in [5, 5.41) is 17.9. The molecule has 0 amide bonds. The Hall–Kier alpha value is -1.55. The van der Waals surface area contributed by atoms with Crippen LogP contribution in [0.25, 0.3) is 11.0 Å². The summed E-state index contributed by atoms with van der Waals surface area (Å²) < 4.78 is 5.25. The molecule has 3 rings (SSSR count). The molecule has 2 aromatic rings. The van der Waals surface area contributed by atoms with Gasteiger partial charge in [-0.1, -0.05) is 5.16 Å². The molecule has 16 heavy (non-hydrogen) atoms. The predicted molar refractivity (Wildman–Crippen MR) is 60.5 cm³/mol. The largest absolute Gasteiger partial charge is 0.508 e. The van der Waals surface area contributed by atoms with Crippen molar-refractivity contribution in [3.8, 4) is 5.75 Å². The first-order valence-corrected chi connectivity index (χ1v) is 5.63. The van der Waals surface area contributed by atoms with Crippen LogP contribution in [0, 0.1) is 0 Å². The first-order valence-electron chi connectivity index (χ1n) is 5.63. The molecule has 1 saturated heterocycles. The van der Waals surface area contributed by atoms with Crippen molar-refractivity contribution in [2.24, 2.45) is 0 Å². The van der Waals surface area contributed by atoms with Gasteiger partial charge in [0.25, 0.3) is 0 Å². The number of nitrogens with one attached hydrogen (secondary N) is 1. The highest BCUT2D eigenvalue weighted by Gasteiger charge is 2.21. The quantitative estimate of drug-likeness (QED) is 0.768. The van der Waals surface area contributed by atoms with Crippen molar-refractivity contribution in [3.05, 3.63) is 23.9 Å². The number of rotatable bonds is 1. The van der Waals surface area contributed by atoms with Gasteiger partial charge in [-0.3, -0.25) is 0 Å². The van der Waals surface area contributed by atoms with Crippen LogP contribution in [0.2, 0.25) is 0 Å². The fraction of sp³-hybridized carbons (Fsp3) is 0.417. The Labute approximate surface area is 93.2 Å². The fourth-order valence-electron chi connectivity index (χ4n) is 2.34. The first kappa shape index (κ1) is 9.66. The summed E-state index contributed by atoms with van der Waals surface area (Å²) in [5.41, 5.74) is 1.71. The second-order valence-corrected chi connectivity index (χ2v) is 4.27. The van der Waals surface area contributed by atoms with E-state index >= 15 is 0 Å². The van der Waals surface area contributed by atoms with Crippen LogP contribution in [0.5, 0.6) is 5.75 Å². The average molecular weight is 218 g/mol. The summed E-state index contributed by atoms with van der Waals surface area (Å²) in [6, 6.07) is 5.19. The summed E-state index contributed by atoms with van der Waals surface area (Å²) in [7, 11) is 0. The fourth-order valence-corrected chi connectivity index (χ4v) is 2.34. The normalized spacial score (nSPS) is 18.0. The molecule has 0 unspecified atom stereocenters. The van der Waals surface area contributed by atoms with E-state index in [4.69, 9.17) is 4.52 Å². The molecule has 4 heteroatoms. The molecule has 84 valence electrons. The van der Waals surface area contributed by atoms with E-state index in [1.165, 1.54) is 0 Å². The monoisotopic (exact) mass is 218 g/mol. The van der Waals surface area contributed by atoms with E-state index in [0.29, 0.717) is 11.5 Å². The minimum atomic E-state index is 0.223. The van der Waals surface area contributed by atoms with Crippen molar-refractivity contribution in [1.29, 1.82) is 0 Å². The van der Waals surface area contributed by atoms with Crippen molar-refractivity contribution in [2.75, 3.05) is 13.1 Å². The third-order valence-corrected chi connectivity index (χ3v) is 3.21. The lowest BCUT2D eigenvalue weighted by Crippen LogP contribution is -2.26. The summed E-state index contributed by atoms with van der Waals surface area (Å²) >= 11 is 0. The first-order chi connectivity index (χ1) is 7.84. The van der Waals surface area contributed by atoms with Crippen molar-refractivity contribution >= 4 is 11.0 Å². The molecule has 0 aliphatic carbocycles. The molecule has 1 fully saturated rings. The van der Waals surface area contributed by atoms with E-state index < -0.39 is 0 Å². The van der Waals surface area contributed by atoms with E-state index in [2.05, 4.69) is 10.5 Å². The number of fused-ring (bicyclic) bond motifs is 1. The molecular weight excluding hydrogens is 204 g/mol. The van der Waals surface area contributed by atoms with Gasteiger partial charge < -0.3 is 14.9 Å². The minimum absolute atomic E-state index is 0.223. The molecule has 1 aromatic carbocycles. The topological polar surface area (TPSA) is 58.3 Å². The Morgan fingerprint density at radius 1 is 1.31 bits per heavy atom. The van der Waals surface area contributed by atoms with Gasteiger partial charge in [0.05, 0.1) is 5.69 Å². The van der Waals surface area contributed by atoms with Crippen LogP contribution in [0.4, 0.5) is 0 Å². The Balaban J connectivity index is 2.03. The average Bonchev–Trinajstić information content (AvgIpc) is 2.73. The molecule has 1 aliphatic rings. The molecular formula is C12H14N2O2. The lowest BCUT2D eigenvalue weighted by Gasteiger charge is -2.20. The van der Waals surface area contributed by atoms with Gasteiger partial charge in [-0.25, -0.2) is 0 Å². The van der Waals surface area contributed by atoms with Gasteiger partial charge >= 0.3 is 0 Å². The van der Waals surface area contributed by atoms with Gasteiger partial charge in [0.1, 0.15) is 5.75 Å². The van der Waals surface area contributed by atoms with Crippen molar-refractivity contribution in [1.82, 2.24) is 10.5 Å². The van der Waals surface area contributed by atoms with Crippen molar-refractivity contribution in [3.63, 3.8) is 0 Å². The third-order valence-electron chi connectivity index (χ3n) is 3.21. The standard InChI is InChI=1S/C12H14N2O2/c15-9-1-2-10-11(7-9)16-14-12(10)8-3-5-13-6-4-8/h1-2,7-8,13,15H,3-6H2. The molecule has 0 bridgehead atoms. The van der Waals surface area contributed by atoms with Crippen LogP contribution in [0.1, 0.15) is 24.5 Å². The Bertz CT molecular complexity index is 501. The second kappa shape index (κ2) is 3.79. The lowest BCUT2D eigenvalue weighted by atomic mass is 9.93. The second-order valence-electron chi connectivity index (χ2n) is 4.27. The van der Waals surface area contributed by atoms with E-state index in [0.717, 1.165) is 37.0 Å². The third kappa shape index (κ3) is 1.55. The molecule has 4 nitrogen and oxygen atoms in total. The lowest BCUT2D eigenvalue weighted by molar-refractivity contribution is 0.403. The highest BCUT2D eigenvalue weighted by atomic mass is 16.5. The van der Waals surface area contributed by atoms with Crippen LogP contribution in [0.15, 0.2) is 22.7 Å². The maximum atomic E-state index is 9.35. The maximum absolute atomic E-state index is 9.35. The molecule has 2 heterocycles. The Kier molecular flexibility index (Phi) is 2.29. The highest BCUT2D eigenvalue weighted by Crippen LogP contribution is 2.31. The number of nitrogens with zero attached hydrogens (tertiary/aromatic N) is 1. The number of aromatic nitrogens is 1. The zero-order valence-corrected chi connectivity index (χ0v) is 8.94. The van der Waals surface area contributed by atoms with E-state index in [-0.39, 0.29) is 5.75 Å². The predicted octanol–water partition coefficient (Wildman–Crippen LogP) is 2.00. The molecule has 1 aromatic heterocycles. The van der Waals surface area contributed by atoms with Crippen LogP contribution >= 0.6 is 0 Å². The van der Waals surface area contributed by atoms with E-state index in [9.17, 15) is 5.11 Å². The van der Waals surface area contributed by atoms with Gasteiger partial charge in [-0.2, -0.15) is 0 Å². The van der Waals surface area contributed by atoms with Crippen molar-refractivity contribution in [2.45, 2.75) is 18.8 Å². The molecule has 0 spiro atoms. The molecule has 1 aliphatic heterocycles. The number of hydrogen-bond donors (Lipinski definition) is 2. The zero-order valence-electron chi connectivity index (χ0n) is 8.94. The SMILES string of the molecule is Oc1ccc2c(C3CCNCC3)noc2c1. The summed E-state index contributed by atoms with van der Waals surface area (Å²) in [4.78, 5) is 0. The summed E-state index contributed by atoms with van der Waals surface area (Å²) in [5.74, 6) is 0.701. The van der Waals surface area contributed by atoms with Gasteiger partial charge in [0.15, 0.2) is 5.58 Å². The summed E-state index contributed by atoms with van der Waals surface area (Å²) in [6.07, 6.45) is 2.20. The number of hydrogen-bond acceptors (Lipinski definition) is 4. The number of piperidine rings is 1. The summed E-state index contributed by atoms with van der Waals surface area (Å²) in [6.45, 7) is 2.08. The highest BCUT2D eigenvalue weighted by molar-refractivity contribution is 5.81. The van der Waals surface area contributed by atoms with Gasteiger partial charge in [0.2, 0.25) is 0 Å². The maximum Gasteiger partial charge on any atom is 0.170 e. The van der Waals surface area contributed by atoms with Crippen LogP contribution in [0.3, 0.4) is 0 Å². The van der Waals surface area contributed by atoms with Crippen LogP contribution in [-0.4, -0.2) is 23.4 Å². The smallest absolute Gasteiger partial charge is 0.170 e. The van der Waals surface area contributed by atoms with E-state index in [1.54, 1.807) is 12.1 Å². The van der Waals surface area contributed by atoms with Gasteiger partial charge in [0, 0.05) is 17.4 Å². The van der Waals surface area contributed by atoms with Gasteiger partial charge in [-0.05, 0) is 38.1 Å². The molecule has 0 radical (unpaired) electrons. The van der Waals surface area contributed by atoms with Crippen LogP contribution < -0.4 is 5.32 Å². The Morgan fingerprint density at radius 3 is 2.94 bits per heavy atom. The van der Waals surface area contributed by atoms with E-state index in [1.807, 2.05) is 6.07 Å². The van der Waals surface area contributed by atoms with Gasteiger partial charge in [-0.15, -0.1) is 0 Å². The number of benzene rings is 1. The number of phenolic OH excluding ortho intramolecular Hbond substituents is 1. The molecule has 0 saturated carbocycles. The zero-order chi connectivity index (χ0) is 11.0. The Morgan fingerprint density at radius 2 is 2.12 bits per heavy atom. The molecule has 0 atom stereocenters. The van der Waals surface area contributed by atoms with Crippen LogP contribution in [-0.2, 0) is 0 Å². The number of aromatic hydroxyl groups is 1. The number of phenols is 1. The molecule has 2 N–H and O–H groups in total. The minimum Gasteiger partial charge on any atom is -0.508 e. The van der Waals surface area contributed by atoms with Crippen molar-refractivity contribution < 1.29 is 9.63 Å².